The number of carbonyl (C=O) groups is 2. The summed E-state index contributed by atoms with van der Waals surface area (Å²) in [4.78, 5) is 31.5. The number of fused-ring (bicyclic) bond motifs is 1. The Bertz CT molecular complexity index is 1010. The summed E-state index contributed by atoms with van der Waals surface area (Å²) in [6.07, 6.45) is 2.89. The number of hydrogen-bond donors (Lipinski definition) is 1. The lowest BCUT2D eigenvalue weighted by Crippen LogP contribution is -2.41. The molecular formula is C25H25N3O2. The summed E-state index contributed by atoms with van der Waals surface area (Å²) in [7, 11) is 0. The number of pyridine rings is 1. The van der Waals surface area contributed by atoms with Gasteiger partial charge in [-0.1, -0.05) is 60.7 Å². The SMILES string of the molecule is O=C(CCC(=O)N1CCc2ccccc2[C@@H]1c1ccccc1)NCc1ccccn1. The van der Waals surface area contributed by atoms with Gasteiger partial charge in [-0.15, -0.1) is 0 Å². The monoisotopic (exact) mass is 399 g/mol. The molecule has 0 bridgehead atoms. The van der Waals surface area contributed by atoms with Crippen LogP contribution in [0.3, 0.4) is 0 Å². The zero-order valence-electron chi connectivity index (χ0n) is 16.8. The van der Waals surface area contributed by atoms with Crippen LogP contribution in [0.15, 0.2) is 79.0 Å². The second kappa shape index (κ2) is 9.35. The van der Waals surface area contributed by atoms with E-state index >= 15 is 0 Å². The third kappa shape index (κ3) is 4.57. The lowest BCUT2D eigenvalue weighted by atomic mass is 9.88. The van der Waals surface area contributed by atoms with Crippen molar-refractivity contribution < 1.29 is 9.59 Å². The Morgan fingerprint density at radius 2 is 1.70 bits per heavy atom. The molecule has 1 aromatic heterocycles. The lowest BCUT2D eigenvalue weighted by molar-refractivity contribution is -0.135. The Labute approximate surface area is 176 Å². The van der Waals surface area contributed by atoms with Crippen molar-refractivity contribution >= 4 is 11.8 Å². The highest BCUT2D eigenvalue weighted by atomic mass is 16.2. The first-order valence-corrected chi connectivity index (χ1v) is 10.3. The van der Waals surface area contributed by atoms with Crippen molar-refractivity contribution in [1.82, 2.24) is 15.2 Å². The summed E-state index contributed by atoms with van der Waals surface area (Å²) < 4.78 is 0. The summed E-state index contributed by atoms with van der Waals surface area (Å²) >= 11 is 0. The number of hydrogen-bond acceptors (Lipinski definition) is 3. The van der Waals surface area contributed by atoms with E-state index in [0.717, 1.165) is 17.7 Å². The van der Waals surface area contributed by atoms with Crippen LogP contribution in [0.25, 0.3) is 0 Å². The molecule has 0 spiro atoms. The number of carbonyl (C=O) groups excluding carboxylic acids is 2. The second-order valence-electron chi connectivity index (χ2n) is 7.45. The molecule has 3 aromatic rings. The summed E-state index contributed by atoms with van der Waals surface area (Å²) in [5.74, 6) is -0.131. The molecule has 1 N–H and O–H groups in total. The molecule has 5 nitrogen and oxygen atoms in total. The van der Waals surface area contributed by atoms with Gasteiger partial charge in [0.1, 0.15) is 0 Å². The van der Waals surface area contributed by atoms with Gasteiger partial charge in [0.2, 0.25) is 11.8 Å². The number of amides is 2. The fourth-order valence-corrected chi connectivity index (χ4v) is 3.97. The number of nitrogens with zero attached hydrogens (tertiary/aromatic N) is 2. The predicted octanol–water partition coefficient (Wildman–Crippen LogP) is 3.65. The van der Waals surface area contributed by atoms with Crippen LogP contribution in [0.2, 0.25) is 0 Å². The van der Waals surface area contributed by atoms with Gasteiger partial charge in [-0.05, 0) is 35.2 Å². The fraction of sp³-hybridized carbons (Fsp3) is 0.240. The smallest absolute Gasteiger partial charge is 0.223 e. The first-order valence-electron chi connectivity index (χ1n) is 10.3. The highest BCUT2D eigenvalue weighted by molar-refractivity contribution is 5.84. The summed E-state index contributed by atoms with van der Waals surface area (Å²) in [6, 6.07) is 23.9. The van der Waals surface area contributed by atoms with Crippen LogP contribution in [-0.2, 0) is 22.6 Å². The first kappa shape index (κ1) is 19.8. The van der Waals surface area contributed by atoms with Gasteiger partial charge >= 0.3 is 0 Å². The second-order valence-corrected chi connectivity index (χ2v) is 7.45. The van der Waals surface area contributed by atoms with E-state index in [2.05, 4.69) is 34.6 Å². The van der Waals surface area contributed by atoms with Gasteiger partial charge in [0.15, 0.2) is 0 Å². The molecule has 4 rings (SSSR count). The average molecular weight is 399 g/mol. The van der Waals surface area contributed by atoms with Gasteiger partial charge in [0, 0.05) is 25.6 Å². The maximum atomic E-state index is 13.1. The van der Waals surface area contributed by atoms with Crippen molar-refractivity contribution in [3.05, 3.63) is 101 Å². The van der Waals surface area contributed by atoms with E-state index in [1.54, 1.807) is 6.20 Å². The summed E-state index contributed by atoms with van der Waals surface area (Å²) in [6.45, 7) is 1.03. The molecule has 0 saturated heterocycles. The molecule has 152 valence electrons. The van der Waals surface area contributed by atoms with Gasteiger partial charge in [0.05, 0.1) is 18.3 Å². The van der Waals surface area contributed by atoms with Crippen molar-refractivity contribution in [2.45, 2.75) is 31.8 Å². The van der Waals surface area contributed by atoms with Crippen LogP contribution < -0.4 is 5.32 Å². The van der Waals surface area contributed by atoms with E-state index in [4.69, 9.17) is 0 Å². The van der Waals surface area contributed by atoms with Crippen molar-refractivity contribution in [1.29, 1.82) is 0 Å². The van der Waals surface area contributed by atoms with E-state index in [9.17, 15) is 9.59 Å². The van der Waals surface area contributed by atoms with Gasteiger partial charge in [0.25, 0.3) is 0 Å². The molecule has 0 saturated carbocycles. The topological polar surface area (TPSA) is 62.3 Å². The minimum absolute atomic E-state index is 0.00587. The van der Waals surface area contributed by atoms with E-state index < -0.39 is 0 Å². The Hall–Kier alpha value is -3.47. The lowest BCUT2D eigenvalue weighted by Gasteiger charge is -2.38. The Balaban J connectivity index is 1.43. The molecule has 1 aliphatic heterocycles. The standard InChI is InChI=1S/C25H25N3O2/c29-23(27-18-21-11-6-7-16-26-21)13-14-24(30)28-17-15-19-8-4-5-12-22(19)25(28)20-9-2-1-3-10-20/h1-12,16,25H,13-15,17-18H2,(H,27,29)/t25-/m0/s1. The maximum Gasteiger partial charge on any atom is 0.223 e. The van der Waals surface area contributed by atoms with Crippen LogP contribution in [0.5, 0.6) is 0 Å². The van der Waals surface area contributed by atoms with Crippen LogP contribution >= 0.6 is 0 Å². The predicted molar refractivity (Wildman–Crippen MR) is 115 cm³/mol. The van der Waals surface area contributed by atoms with Gasteiger partial charge in [-0.25, -0.2) is 0 Å². The van der Waals surface area contributed by atoms with Gasteiger partial charge in [-0.3, -0.25) is 14.6 Å². The van der Waals surface area contributed by atoms with Crippen LogP contribution in [-0.4, -0.2) is 28.2 Å². The van der Waals surface area contributed by atoms with E-state index in [0.29, 0.717) is 13.1 Å². The van der Waals surface area contributed by atoms with Crippen molar-refractivity contribution in [2.24, 2.45) is 0 Å². The highest BCUT2D eigenvalue weighted by Gasteiger charge is 2.31. The average Bonchev–Trinajstić information content (AvgIpc) is 2.81. The molecule has 0 radical (unpaired) electrons. The third-order valence-electron chi connectivity index (χ3n) is 5.48. The molecule has 2 heterocycles. The Kier molecular flexibility index (Phi) is 6.18. The Morgan fingerprint density at radius 1 is 0.933 bits per heavy atom. The first-order chi connectivity index (χ1) is 14.7. The van der Waals surface area contributed by atoms with E-state index in [-0.39, 0.29) is 30.7 Å². The summed E-state index contributed by atoms with van der Waals surface area (Å²) in [5, 5.41) is 2.84. The molecule has 0 aliphatic carbocycles. The molecule has 0 unspecified atom stereocenters. The molecular weight excluding hydrogens is 374 g/mol. The third-order valence-corrected chi connectivity index (χ3v) is 5.48. The molecule has 1 atom stereocenters. The maximum absolute atomic E-state index is 13.1. The highest BCUT2D eigenvalue weighted by Crippen LogP contribution is 2.35. The van der Waals surface area contributed by atoms with Gasteiger partial charge in [-0.2, -0.15) is 0 Å². The number of aromatic nitrogens is 1. The number of benzene rings is 2. The van der Waals surface area contributed by atoms with Crippen LogP contribution in [0, 0.1) is 0 Å². The van der Waals surface area contributed by atoms with Gasteiger partial charge < -0.3 is 10.2 Å². The normalized spacial score (nSPS) is 15.3. The fourth-order valence-electron chi connectivity index (χ4n) is 3.97. The molecule has 5 heteroatoms. The largest absolute Gasteiger partial charge is 0.350 e. The van der Waals surface area contributed by atoms with Crippen LogP contribution in [0.4, 0.5) is 0 Å². The van der Waals surface area contributed by atoms with E-state index in [1.807, 2.05) is 53.4 Å². The number of rotatable bonds is 6. The zero-order chi connectivity index (χ0) is 20.8. The summed E-state index contributed by atoms with van der Waals surface area (Å²) in [5.41, 5.74) is 4.35. The molecule has 1 aliphatic rings. The van der Waals surface area contributed by atoms with E-state index in [1.165, 1.54) is 11.1 Å². The quantitative estimate of drug-likeness (QED) is 0.688. The van der Waals surface area contributed by atoms with Crippen molar-refractivity contribution in [3.63, 3.8) is 0 Å². The minimum Gasteiger partial charge on any atom is -0.350 e. The molecule has 30 heavy (non-hydrogen) atoms. The Morgan fingerprint density at radius 3 is 2.50 bits per heavy atom. The number of nitrogens with one attached hydrogen (secondary N) is 1. The van der Waals surface area contributed by atoms with Crippen molar-refractivity contribution in [3.8, 4) is 0 Å². The molecule has 2 amide bonds. The molecule has 0 fully saturated rings. The zero-order valence-corrected chi connectivity index (χ0v) is 16.8. The minimum atomic E-state index is -0.136. The van der Waals surface area contributed by atoms with Crippen molar-refractivity contribution in [2.75, 3.05) is 6.54 Å². The van der Waals surface area contributed by atoms with Crippen LogP contribution in [0.1, 0.15) is 41.3 Å². The molecule has 2 aromatic carbocycles.